The number of aliphatic hydroxyl groups is 1. The van der Waals surface area contributed by atoms with Gasteiger partial charge in [0.25, 0.3) is 0 Å². The van der Waals surface area contributed by atoms with Gasteiger partial charge in [-0.25, -0.2) is 0 Å². The summed E-state index contributed by atoms with van der Waals surface area (Å²) in [6, 6.07) is 10.0. The zero-order valence-electron chi connectivity index (χ0n) is 14.3. The molecule has 1 aliphatic rings. The minimum absolute atomic E-state index is 0.553. The quantitative estimate of drug-likeness (QED) is 0.765. The Balaban J connectivity index is 1.64. The van der Waals surface area contributed by atoms with Crippen LogP contribution >= 0.6 is 0 Å². The van der Waals surface area contributed by atoms with Crippen molar-refractivity contribution in [1.29, 1.82) is 0 Å². The van der Waals surface area contributed by atoms with Crippen LogP contribution in [0.5, 0.6) is 11.5 Å². The van der Waals surface area contributed by atoms with E-state index in [1.165, 1.54) is 5.56 Å². The van der Waals surface area contributed by atoms with Crippen molar-refractivity contribution < 1.29 is 14.6 Å². The minimum Gasteiger partial charge on any atom is -0.496 e. The molecule has 130 valence electrons. The lowest BCUT2D eigenvalue weighted by atomic mass is 9.95. The Labute approximate surface area is 146 Å². The summed E-state index contributed by atoms with van der Waals surface area (Å²) in [5.74, 6) is 1.49. The predicted molar refractivity (Wildman–Crippen MR) is 94.7 cm³/mol. The van der Waals surface area contributed by atoms with E-state index in [1.54, 1.807) is 14.2 Å². The van der Waals surface area contributed by atoms with Gasteiger partial charge in [0.15, 0.2) is 0 Å². The van der Waals surface area contributed by atoms with Crippen molar-refractivity contribution in [1.82, 2.24) is 15.1 Å². The van der Waals surface area contributed by atoms with Crippen LogP contribution < -0.4 is 9.47 Å². The third-order valence-electron chi connectivity index (χ3n) is 4.77. The Bertz CT molecular complexity index is 906. The number of benzene rings is 2. The van der Waals surface area contributed by atoms with Crippen LogP contribution in [0.1, 0.15) is 22.8 Å². The number of nitrogens with one attached hydrogen (secondary N) is 1. The molecule has 0 unspecified atom stereocenters. The van der Waals surface area contributed by atoms with Crippen LogP contribution in [0.15, 0.2) is 36.5 Å². The highest BCUT2D eigenvalue weighted by atomic mass is 16.5. The first-order valence-corrected chi connectivity index (χ1v) is 8.25. The molecule has 25 heavy (non-hydrogen) atoms. The van der Waals surface area contributed by atoms with Crippen LogP contribution in [-0.2, 0) is 13.1 Å². The molecule has 0 spiro atoms. The number of aromatic amines is 1. The van der Waals surface area contributed by atoms with Crippen molar-refractivity contribution in [2.45, 2.75) is 19.2 Å². The number of hydrogen-bond donors (Lipinski definition) is 2. The van der Waals surface area contributed by atoms with Gasteiger partial charge in [-0.15, -0.1) is 0 Å². The Morgan fingerprint density at radius 3 is 2.80 bits per heavy atom. The van der Waals surface area contributed by atoms with Crippen LogP contribution in [-0.4, -0.2) is 41.0 Å². The van der Waals surface area contributed by atoms with Gasteiger partial charge in [0.05, 0.1) is 32.0 Å². The molecule has 0 saturated carbocycles. The molecular weight excluding hydrogens is 318 g/mol. The van der Waals surface area contributed by atoms with Gasteiger partial charge >= 0.3 is 0 Å². The molecule has 2 aromatic carbocycles. The fraction of sp³-hybridized carbons (Fsp3) is 0.316. The van der Waals surface area contributed by atoms with Crippen molar-refractivity contribution in [3.63, 3.8) is 0 Å². The van der Waals surface area contributed by atoms with Crippen molar-refractivity contribution in [3.8, 4) is 11.5 Å². The monoisotopic (exact) mass is 339 g/mol. The molecule has 0 bridgehead atoms. The lowest BCUT2D eigenvalue weighted by molar-refractivity contribution is 0.0843. The summed E-state index contributed by atoms with van der Waals surface area (Å²) in [7, 11) is 3.28. The molecule has 6 heteroatoms. The molecule has 0 radical (unpaired) electrons. The first-order valence-electron chi connectivity index (χ1n) is 8.25. The first kappa shape index (κ1) is 15.9. The minimum atomic E-state index is -0.607. The van der Waals surface area contributed by atoms with Crippen molar-refractivity contribution >= 4 is 10.9 Å². The number of β-amino-alcohol motifs (C(OH)–C–C–N with tert-alkyl or cyclic N) is 1. The molecule has 0 aliphatic carbocycles. The number of aliphatic hydroxyl groups excluding tert-OH is 1. The number of fused-ring (bicyclic) bond motifs is 2. The molecule has 3 aromatic rings. The van der Waals surface area contributed by atoms with Crippen LogP contribution in [0.25, 0.3) is 10.9 Å². The third-order valence-corrected chi connectivity index (χ3v) is 4.77. The second-order valence-corrected chi connectivity index (χ2v) is 6.34. The highest BCUT2D eigenvalue weighted by Crippen LogP contribution is 2.39. The fourth-order valence-corrected chi connectivity index (χ4v) is 3.61. The molecule has 2 N–H and O–H groups in total. The number of aromatic nitrogens is 2. The largest absolute Gasteiger partial charge is 0.496 e. The normalized spacial score (nSPS) is 17.5. The lowest BCUT2D eigenvalue weighted by Crippen LogP contribution is -2.33. The van der Waals surface area contributed by atoms with Crippen LogP contribution in [0.4, 0.5) is 0 Å². The number of nitrogens with zero attached hydrogens (tertiary/aromatic N) is 2. The van der Waals surface area contributed by atoms with Gasteiger partial charge in [0.1, 0.15) is 11.5 Å². The van der Waals surface area contributed by atoms with Gasteiger partial charge in [-0.3, -0.25) is 10.00 Å². The topological polar surface area (TPSA) is 70.6 Å². The lowest BCUT2D eigenvalue weighted by Gasteiger charge is -2.34. The van der Waals surface area contributed by atoms with E-state index in [4.69, 9.17) is 9.47 Å². The summed E-state index contributed by atoms with van der Waals surface area (Å²) in [4.78, 5) is 2.21. The maximum Gasteiger partial charge on any atom is 0.125 e. The van der Waals surface area contributed by atoms with Crippen molar-refractivity contribution in [2.24, 2.45) is 0 Å². The Morgan fingerprint density at radius 2 is 2.00 bits per heavy atom. The molecule has 4 rings (SSSR count). The van der Waals surface area contributed by atoms with Crippen molar-refractivity contribution in [2.75, 3.05) is 20.8 Å². The van der Waals surface area contributed by atoms with E-state index in [-0.39, 0.29) is 0 Å². The van der Waals surface area contributed by atoms with E-state index in [1.807, 2.05) is 18.3 Å². The molecule has 1 aliphatic heterocycles. The molecule has 0 saturated heterocycles. The fourth-order valence-electron chi connectivity index (χ4n) is 3.61. The summed E-state index contributed by atoms with van der Waals surface area (Å²) in [5.41, 5.74) is 4.02. The molecular formula is C19H21N3O3. The number of rotatable bonds is 4. The molecule has 0 amide bonds. The molecule has 1 atom stereocenters. The third kappa shape index (κ3) is 2.83. The zero-order valence-corrected chi connectivity index (χ0v) is 14.3. The number of ether oxygens (including phenoxy) is 2. The van der Waals surface area contributed by atoms with Gasteiger partial charge in [-0.05, 0) is 23.8 Å². The van der Waals surface area contributed by atoms with Gasteiger partial charge in [0, 0.05) is 36.1 Å². The summed E-state index contributed by atoms with van der Waals surface area (Å²) in [6.07, 6.45) is 1.21. The molecule has 6 nitrogen and oxygen atoms in total. The van der Waals surface area contributed by atoms with E-state index < -0.39 is 6.10 Å². The average molecular weight is 339 g/mol. The Morgan fingerprint density at radius 1 is 1.20 bits per heavy atom. The van der Waals surface area contributed by atoms with Crippen LogP contribution in [0.3, 0.4) is 0 Å². The Hall–Kier alpha value is -2.57. The highest BCUT2D eigenvalue weighted by Gasteiger charge is 2.29. The standard InChI is InChI=1S/C19H21N3O3/c1-24-17-5-6-18(25-2)19-14(17)10-22(11-16(19)23)9-12-3-4-13-8-20-21-15(13)7-12/h3-8,16,23H,9-11H2,1-2H3,(H,20,21)/t16-/m0/s1. The molecule has 1 aromatic heterocycles. The smallest absolute Gasteiger partial charge is 0.125 e. The van der Waals surface area contributed by atoms with E-state index >= 15 is 0 Å². The summed E-state index contributed by atoms with van der Waals surface area (Å²) in [6.45, 7) is 2.00. The second-order valence-electron chi connectivity index (χ2n) is 6.34. The van der Waals surface area contributed by atoms with Crippen LogP contribution in [0.2, 0.25) is 0 Å². The van der Waals surface area contributed by atoms with E-state index in [9.17, 15) is 5.11 Å². The summed E-state index contributed by atoms with van der Waals surface area (Å²) in [5, 5.41) is 18.8. The van der Waals surface area contributed by atoms with Gasteiger partial charge in [-0.1, -0.05) is 12.1 Å². The number of hydrogen-bond acceptors (Lipinski definition) is 5. The number of methoxy groups -OCH3 is 2. The Kier molecular flexibility index (Phi) is 4.07. The van der Waals surface area contributed by atoms with Crippen LogP contribution in [0, 0.1) is 0 Å². The first-order chi connectivity index (χ1) is 12.2. The highest BCUT2D eigenvalue weighted by molar-refractivity contribution is 5.78. The van der Waals surface area contributed by atoms with E-state index in [0.29, 0.717) is 18.8 Å². The maximum atomic E-state index is 10.7. The zero-order chi connectivity index (χ0) is 17.4. The van der Waals surface area contributed by atoms with Crippen molar-refractivity contribution in [3.05, 3.63) is 53.2 Å². The molecule has 2 heterocycles. The van der Waals surface area contributed by atoms with Gasteiger partial charge in [-0.2, -0.15) is 5.10 Å². The second kappa shape index (κ2) is 6.38. The maximum absolute atomic E-state index is 10.7. The summed E-state index contributed by atoms with van der Waals surface area (Å²) >= 11 is 0. The molecule has 0 fully saturated rings. The van der Waals surface area contributed by atoms with E-state index in [2.05, 4.69) is 33.3 Å². The van der Waals surface area contributed by atoms with Gasteiger partial charge < -0.3 is 14.6 Å². The average Bonchev–Trinajstić information content (AvgIpc) is 3.08. The van der Waals surface area contributed by atoms with Gasteiger partial charge in [0.2, 0.25) is 0 Å². The number of H-pyrrole nitrogens is 1. The summed E-state index contributed by atoms with van der Waals surface area (Å²) < 4.78 is 10.9. The SMILES string of the molecule is COc1ccc(OC)c2c1CN(Cc1ccc3cn[nH]c3c1)C[C@@H]2O. The van der Waals surface area contributed by atoms with E-state index in [0.717, 1.165) is 34.3 Å². The predicted octanol–water partition coefficient (Wildman–Crippen LogP) is 2.63.